The van der Waals surface area contributed by atoms with Crippen molar-refractivity contribution >= 4 is 5.91 Å². The number of hydrogen-bond donors (Lipinski definition) is 2. The molecule has 1 saturated carbocycles. The van der Waals surface area contributed by atoms with Gasteiger partial charge in [0.15, 0.2) is 5.60 Å². The minimum Gasteiger partial charge on any atom is -0.380 e. The van der Waals surface area contributed by atoms with Gasteiger partial charge < -0.3 is 10.4 Å². The van der Waals surface area contributed by atoms with Crippen molar-refractivity contribution in [3.05, 3.63) is 12.7 Å². The SMILES string of the molecule is C=CC(=O)NC1CCC(O)(C(F)(F)F)CC1. The predicted octanol–water partition coefficient (Wildman–Crippen LogP) is 1.52. The fourth-order valence-corrected chi connectivity index (χ4v) is 1.78. The lowest BCUT2D eigenvalue weighted by molar-refractivity contribution is -0.270. The molecule has 1 aliphatic carbocycles. The zero-order valence-electron chi connectivity index (χ0n) is 8.68. The molecule has 1 rings (SSSR count). The van der Waals surface area contributed by atoms with E-state index in [1.54, 1.807) is 0 Å². The number of halogens is 3. The van der Waals surface area contributed by atoms with E-state index in [1.807, 2.05) is 0 Å². The lowest BCUT2D eigenvalue weighted by Gasteiger charge is -2.37. The van der Waals surface area contributed by atoms with Crippen LogP contribution in [0.25, 0.3) is 0 Å². The maximum Gasteiger partial charge on any atom is 0.417 e. The minimum atomic E-state index is -4.60. The van der Waals surface area contributed by atoms with Crippen molar-refractivity contribution in [2.75, 3.05) is 0 Å². The van der Waals surface area contributed by atoms with Gasteiger partial charge in [0.25, 0.3) is 0 Å². The number of amides is 1. The van der Waals surface area contributed by atoms with Gasteiger partial charge in [0.05, 0.1) is 0 Å². The topological polar surface area (TPSA) is 49.3 Å². The summed E-state index contributed by atoms with van der Waals surface area (Å²) in [6, 6.07) is -0.312. The Bertz CT molecular complexity index is 280. The third-order valence-corrected chi connectivity index (χ3v) is 2.87. The quantitative estimate of drug-likeness (QED) is 0.715. The highest BCUT2D eigenvalue weighted by Crippen LogP contribution is 2.41. The van der Waals surface area contributed by atoms with Crippen molar-refractivity contribution in [2.45, 2.75) is 43.5 Å². The Labute approximate surface area is 91.3 Å². The monoisotopic (exact) mass is 237 g/mol. The smallest absolute Gasteiger partial charge is 0.380 e. The summed E-state index contributed by atoms with van der Waals surface area (Å²) in [6.07, 6.45) is -4.03. The standard InChI is InChI=1S/C10H14F3NO2/c1-2-8(15)14-7-3-5-9(16,6-4-7)10(11,12)13/h2,7,16H,1,3-6H2,(H,14,15). The maximum absolute atomic E-state index is 12.4. The number of aliphatic hydroxyl groups is 1. The van der Waals surface area contributed by atoms with Crippen LogP contribution in [0.3, 0.4) is 0 Å². The van der Waals surface area contributed by atoms with Gasteiger partial charge in [-0.25, -0.2) is 0 Å². The van der Waals surface area contributed by atoms with Gasteiger partial charge in [0.2, 0.25) is 5.91 Å². The molecule has 0 aromatic rings. The van der Waals surface area contributed by atoms with Crippen LogP contribution in [0.15, 0.2) is 12.7 Å². The molecule has 2 N–H and O–H groups in total. The first-order chi connectivity index (χ1) is 7.28. The summed E-state index contributed by atoms with van der Waals surface area (Å²) < 4.78 is 37.3. The maximum atomic E-state index is 12.4. The number of hydrogen-bond acceptors (Lipinski definition) is 2. The van der Waals surface area contributed by atoms with Crippen molar-refractivity contribution in [2.24, 2.45) is 0 Å². The van der Waals surface area contributed by atoms with Gasteiger partial charge in [0.1, 0.15) is 0 Å². The van der Waals surface area contributed by atoms with Crippen molar-refractivity contribution in [3.63, 3.8) is 0 Å². The van der Waals surface area contributed by atoms with E-state index < -0.39 is 17.7 Å². The number of rotatable bonds is 2. The van der Waals surface area contributed by atoms with Crippen LogP contribution in [0.1, 0.15) is 25.7 Å². The lowest BCUT2D eigenvalue weighted by Crippen LogP contribution is -2.51. The van der Waals surface area contributed by atoms with E-state index in [0.717, 1.165) is 6.08 Å². The molecule has 0 spiro atoms. The summed E-state index contributed by atoms with van der Waals surface area (Å²) >= 11 is 0. The van der Waals surface area contributed by atoms with E-state index in [9.17, 15) is 23.1 Å². The van der Waals surface area contributed by atoms with E-state index in [1.165, 1.54) is 0 Å². The fourth-order valence-electron chi connectivity index (χ4n) is 1.78. The second-order valence-electron chi connectivity index (χ2n) is 4.02. The van der Waals surface area contributed by atoms with Crippen molar-refractivity contribution < 1.29 is 23.1 Å². The second-order valence-corrected chi connectivity index (χ2v) is 4.02. The van der Waals surface area contributed by atoms with Gasteiger partial charge >= 0.3 is 6.18 Å². The molecule has 0 bridgehead atoms. The Morgan fingerprint density at radius 3 is 2.31 bits per heavy atom. The molecule has 1 fully saturated rings. The van der Waals surface area contributed by atoms with E-state index in [-0.39, 0.29) is 31.7 Å². The molecule has 0 aromatic heterocycles. The predicted molar refractivity (Wildman–Crippen MR) is 51.6 cm³/mol. The molecule has 6 heteroatoms. The van der Waals surface area contributed by atoms with Crippen LogP contribution < -0.4 is 5.32 Å². The van der Waals surface area contributed by atoms with E-state index in [2.05, 4.69) is 11.9 Å². The molecule has 0 unspecified atom stereocenters. The first-order valence-corrected chi connectivity index (χ1v) is 5.00. The van der Waals surface area contributed by atoms with Gasteiger partial charge in [-0.3, -0.25) is 4.79 Å². The Morgan fingerprint density at radius 1 is 1.44 bits per heavy atom. The summed E-state index contributed by atoms with van der Waals surface area (Å²) in [6.45, 7) is 3.25. The summed E-state index contributed by atoms with van der Waals surface area (Å²) in [5.74, 6) is -0.401. The third kappa shape index (κ3) is 2.75. The van der Waals surface area contributed by atoms with Crippen LogP contribution in [0, 0.1) is 0 Å². The molecule has 1 amide bonds. The van der Waals surface area contributed by atoms with Crippen LogP contribution in [0.4, 0.5) is 13.2 Å². The Balaban J connectivity index is 2.51. The minimum absolute atomic E-state index is 0.121. The first-order valence-electron chi connectivity index (χ1n) is 5.00. The number of alkyl halides is 3. The van der Waals surface area contributed by atoms with E-state index in [0.29, 0.717) is 0 Å². The van der Waals surface area contributed by atoms with E-state index >= 15 is 0 Å². The average Bonchev–Trinajstić information content (AvgIpc) is 2.20. The largest absolute Gasteiger partial charge is 0.417 e. The second kappa shape index (κ2) is 4.45. The number of nitrogens with one attached hydrogen (secondary N) is 1. The van der Waals surface area contributed by atoms with Crippen molar-refractivity contribution in [1.29, 1.82) is 0 Å². The van der Waals surface area contributed by atoms with Crippen molar-refractivity contribution in [3.8, 4) is 0 Å². The molecular formula is C10H14F3NO2. The lowest BCUT2D eigenvalue weighted by atomic mass is 9.81. The summed E-state index contributed by atoms with van der Waals surface area (Å²) in [5.41, 5.74) is -2.59. The molecule has 3 nitrogen and oxygen atoms in total. The highest BCUT2D eigenvalue weighted by atomic mass is 19.4. The molecule has 16 heavy (non-hydrogen) atoms. The summed E-state index contributed by atoms with van der Waals surface area (Å²) in [4.78, 5) is 10.9. The van der Waals surface area contributed by atoms with Crippen LogP contribution in [0.5, 0.6) is 0 Å². The molecule has 92 valence electrons. The zero-order valence-corrected chi connectivity index (χ0v) is 8.68. The Hall–Kier alpha value is -1.04. The highest BCUT2D eigenvalue weighted by molar-refractivity contribution is 5.87. The summed E-state index contributed by atoms with van der Waals surface area (Å²) in [5, 5.41) is 11.9. The van der Waals surface area contributed by atoms with Crippen LogP contribution in [0.2, 0.25) is 0 Å². The fraction of sp³-hybridized carbons (Fsp3) is 0.700. The highest BCUT2D eigenvalue weighted by Gasteiger charge is 2.54. The molecule has 0 aliphatic heterocycles. The molecule has 0 radical (unpaired) electrons. The molecule has 0 heterocycles. The van der Waals surface area contributed by atoms with Crippen LogP contribution in [-0.2, 0) is 4.79 Å². The van der Waals surface area contributed by atoms with E-state index in [4.69, 9.17) is 0 Å². The molecule has 0 atom stereocenters. The summed E-state index contributed by atoms with van der Waals surface area (Å²) in [7, 11) is 0. The van der Waals surface area contributed by atoms with Gasteiger partial charge in [-0.15, -0.1) is 0 Å². The Morgan fingerprint density at radius 2 is 1.94 bits per heavy atom. The van der Waals surface area contributed by atoms with Gasteiger partial charge in [-0.05, 0) is 31.8 Å². The molecule has 0 aromatic carbocycles. The number of carbonyl (C=O) groups is 1. The van der Waals surface area contributed by atoms with Gasteiger partial charge in [-0.2, -0.15) is 13.2 Å². The van der Waals surface area contributed by atoms with Crippen LogP contribution >= 0.6 is 0 Å². The van der Waals surface area contributed by atoms with Gasteiger partial charge in [-0.1, -0.05) is 6.58 Å². The average molecular weight is 237 g/mol. The molecule has 1 aliphatic rings. The van der Waals surface area contributed by atoms with Crippen molar-refractivity contribution in [1.82, 2.24) is 5.32 Å². The first kappa shape index (κ1) is 13.0. The Kier molecular flexibility index (Phi) is 3.62. The normalized spacial score (nSPS) is 30.9. The molecular weight excluding hydrogens is 223 g/mol. The molecule has 0 saturated heterocycles. The third-order valence-electron chi connectivity index (χ3n) is 2.87. The number of carbonyl (C=O) groups excluding carboxylic acids is 1. The zero-order chi connectivity index (χ0) is 12.4. The van der Waals surface area contributed by atoms with Gasteiger partial charge in [0, 0.05) is 6.04 Å². The van der Waals surface area contributed by atoms with Crippen LogP contribution in [-0.4, -0.2) is 28.8 Å².